The van der Waals surface area contributed by atoms with Gasteiger partial charge in [-0.2, -0.15) is 0 Å². The highest BCUT2D eigenvalue weighted by Crippen LogP contribution is 2.33. The Labute approximate surface area is 135 Å². The van der Waals surface area contributed by atoms with Crippen molar-refractivity contribution in [2.75, 3.05) is 13.2 Å². The largest absolute Gasteiger partial charge is 0.493 e. The maximum absolute atomic E-state index is 6.10. The number of rotatable bonds is 6. The van der Waals surface area contributed by atoms with Crippen LogP contribution in [0, 0.1) is 0 Å². The van der Waals surface area contributed by atoms with Gasteiger partial charge in [0.25, 0.3) is 0 Å². The Morgan fingerprint density at radius 3 is 2.29 bits per heavy atom. The summed E-state index contributed by atoms with van der Waals surface area (Å²) in [6.45, 7) is 14.9. The van der Waals surface area contributed by atoms with Crippen LogP contribution in [0.25, 0.3) is 0 Å². The third-order valence-electron chi connectivity index (χ3n) is 3.23. The number of hydrogen-bond acceptors (Lipinski definition) is 2. The van der Waals surface area contributed by atoms with Crippen LogP contribution in [0.3, 0.4) is 0 Å². The summed E-state index contributed by atoms with van der Waals surface area (Å²) in [4.78, 5) is 0. The van der Waals surface area contributed by atoms with Crippen molar-refractivity contribution in [1.29, 1.82) is 0 Å². The molecule has 0 radical (unpaired) electrons. The summed E-state index contributed by atoms with van der Waals surface area (Å²) in [7, 11) is 0. The summed E-state index contributed by atoms with van der Waals surface area (Å²) in [6.07, 6.45) is 2.17. The Hall–Kier alpha value is -0.730. The summed E-state index contributed by atoms with van der Waals surface area (Å²) in [5.41, 5.74) is 1.40. The van der Waals surface area contributed by atoms with Gasteiger partial charge in [0.15, 0.2) is 0 Å². The first-order valence-corrected chi connectivity index (χ1v) is 8.15. The second-order valence-electron chi connectivity index (χ2n) is 7.62. The second-order valence-corrected chi connectivity index (χ2v) is 8.06. The maximum Gasteiger partial charge on any atom is 0.123 e. The quantitative estimate of drug-likeness (QED) is 0.730. The van der Waals surface area contributed by atoms with Gasteiger partial charge >= 0.3 is 0 Å². The highest BCUT2D eigenvalue weighted by molar-refractivity contribution is 6.30. The lowest BCUT2D eigenvalue weighted by Crippen LogP contribution is -2.36. The fourth-order valence-corrected chi connectivity index (χ4v) is 2.26. The molecule has 0 aliphatic heterocycles. The monoisotopic (exact) mass is 311 g/mol. The molecule has 21 heavy (non-hydrogen) atoms. The number of hydrogen-bond donors (Lipinski definition) is 1. The molecule has 0 saturated heterocycles. The van der Waals surface area contributed by atoms with E-state index in [1.165, 1.54) is 5.56 Å². The van der Waals surface area contributed by atoms with E-state index in [1.54, 1.807) is 0 Å². The van der Waals surface area contributed by atoms with E-state index in [2.05, 4.69) is 46.9 Å². The van der Waals surface area contributed by atoms with E-state index in [1.807, 2.05) is 18.2 Å². The van der Waals surface area contributed by atoms with E-state index in [-0.39, 0.29) is 11.0 Å². The molecule has 2 nitrogen and oxygen atoms in total. The maximum atomic E-state index is 6.10. The van der Waals surface area contributed by atoms with E-state index in [9.17, 15) is 0 Å². The predicted octanol–water partition coefficient (Wildman–Crippen LogP) is 5.18. The van der Waals surface area contributed by atoms with Crippen LogP contribution >= 0.6 is 11.6 Å². The van der Waals surface area contributed by atoms with Gasteiger partial charge in [0.2, 0.25) is 0 Å². The molecule has 0 unspecified atom stereocenters. The van der Waals surface area contributed by atoms with Crippen molar-refractivity contribution < 1.29 is 4.74 Å². The summed E-state index contributed by atoms with van der Waals surface area (Å²) < 4.78 is 5.96. The number of benzene rings is 1. The van der Waals surface area contributed by atoms with Crippen molar-refractivity contribution in [3.8, 4) is 5.75 Å². The molecule has 0 fully saturated rings. The van der Waals surface area contributed by atoms with Crippen molar-refractivity contribution in [2.24, 2.45) is 0 Å². The molecular weight excluding hydrogens is 282 g/mol. The molecule has 1 aromatic carbocycles. The fraction of sp³-hybridized carbons (Fsp3) is 0.667. The van der Waals surface area contributed by atoms with Crippen LogP contribution in [0.4, 0.5) is 0 Å². The molecule has 0 heterocycles. The third kappa shape index (κ3) is 7.19. The van der Waals surface area contributed by atoms with Crippen molar-refractivity contribution in [3.05, 3.63) is 28.8 Å². The van der Waals surface area contributed by atoms with Gasteiger partial charge in [-0.15, -0.1) is 0 Å². The SMILES string of the molecule is CC(C)(C)NCCCCOc1ccc(Cl)cc1C(C)(C)C. The lowest BCUT2D eigenvalue weighted by molar-refractivity contribution is 0.294. The highest BCUT2D eigenvalue weighted by Gasteiger charge is 2.19. The van der Waals surface area contributed by atoms with Crippen LogP contribution in [-0.2, 0) is 5.41 Å². The van der Waals surface area contributed by atoms with Crippen molar-refractivity contribution in [3.63, 3.8) is 0 Å². The van der Waals surface area contributed by atoms with Gasteiger partial charge in [-0.1, -0.05) is 32.4 Å². The first-order chi connectivity index (χ1) is 9.59. The van der Waals surface area contributed by atoms with E-state index in [0.29, 0.717) is 0 Å². The zero-order valence-corrected chi connectivity index (χ0v) is 15.1. The molecule has 0 aromatic heterocycles. The molecule has 120 valence electrons. The minimum atomic E-state index is 0.0357. The summed E-state index contributed by atoms with van der Waals surface area (Å²) in [5, 5.41) is 4.26. The number of unbranched alkanes of at least 4 members (excludes halogenated alkanes) is 1. The Morgan fingerprint density at radius 1 is 1.05 bits per heavy atom. The first-order valence-electron chi connectivity index (χ1n) is 7.77. The van der Waals surface area contributed by atoms with Crippen molar-refractivity contribution in [2.45, 2.75) is 65.3 Å². The molecule has 0 aliphatic carbocycles. The van der Waals surface area contributed by atoms with Crippen LogP contribution in [0.5, 0.6) is 5.75 Å². The van der Waals surface area contributed by atoms with Crippen LogP contribution < -0.4 is 10.1 Å². The molecular formula is C18H30ClNO. The number of ether oxygens (including phenoxy) is 1. The Balaban J connectivity index is 2.46. The van der Waals surface area contributed by atoms with Crippen LogP contribution in [-0.4, -0.2) is 18.7 Å². The second kappa shape index (κ2) is 7.51. The minimum Gasteiger partial charge on any atom is -0.493 e. The van der Waals surface area contributed by atoms with E-state index in [0.717, 1.165) is 36.8 Å². The molecule has 0 atom stereocenters. The third-order valence-corrected chi connectivity index (χ3v) is 3.47. The lowest BCUT2D eigenvalue weighted by atomic mass is 9.86. The Kier molecular flexibility index (Phi) is 6.55. The Morgan fingerprint density at radius 2 is 1.71 bits per heavy atom. The minimum absolute atomic E-state index is 0.0357. The van der Waals surface area contributed by atoms with Gasteiger partial charge in [-0.05, 0) is 63.8 Å². The van der Waals surface area contributed by atoms with Gasteiger partial charge in [-0.25, -0.2) is 0 Å². The molecule has 1 aromatic rings. The van der Waals surface area contributed by atoms with Crippen LogP contribution in [0.2, 0.25) is 5.02 Å². The number of nitrogens with one attached hydrogen (secondary N) is 1. The standard InChI is InChI=1S/C18H30ClNO/c1-17(2,3)15-13-14(19)9-10-16(15)21-12-8-7-11-20-18(4,5)6/h9-10,13,20H,7-8,11-12H2,1-6H3. The summed E-state index contributed by atoms with van der Waals surface area (Å²) >= 11 is 6.10. The average molecular weight is 312 g/mol. The smallest absolute Gasteiger partial charge is 0.123 e. The Bertz CT molecular complexity index is 444. The topological polar surface area (TPSA) is 21.3 Å². The van der Waals surface area contributed by atoms with E-state index < -0.39 is 0 Å². The van der Waals surface area contributed by atoms with E-state index >= 15 is 0 Å². The van der Waals surface area contributed by atoms with Gasteiger partial charge in [0.1, 0.15) is 5.75 Å². The molecule has 1 N–H and O–H groups in total. The fourth-order valence-electron chi connectivity index (χ4n) is 2.09. The normalized spacial score (nSPS) is 12.5. The molecule has 3 heteroatoms. The van der Waals surface area contributed by atoms with Gasteiger partial charge < -0.3 is 10.1 Å². The van der Waals surface area contributed by atoms with Gasteiger partial charge in [0.05, 0.1) is 6.61 Å². The van der Waals surface area contributed by atoms with Crippen LogP contribution in [0.1, 0.15) is 59.9 Å². The zero-order valence-electron chi connectivity index (χ0n) is 14.3. The predicted molar refractivity (Wildman–Crippen MR) is 92.6 cm³/mol. The molecule has 0 aliphatic rings. The number of halogens is 1. The van der Waals surface area contributed by atoms with Crippen molar-refractivity contribution >= 4 is 11.6 Å². The van der Waals surface area contributed by atoms with Crippen LogP contribution in [0.15, 0.2) is 18.2 Å². The van der Waals surface area contributed by atoms with Gasteiger partial charge in [-0.3, -0.25) is 0 Å². The average Bonchev–Trinajstić information content (AvgIpc) is 2.32. The summed E-state index contributed by atoms with van der Waals surface area (Å²) in [6, 6.07) is 5.89. The molecule has 0 bridgehead atoms. The molecule has 0 amide bonds. The molecule has 0 spiro atoms. The zero-order chi connectivity index (χ0) is 16.1. The first kappa shape index (κ1) is 18.3. The lowest BCUT2D eigenvalue weighted by Gasteiger charge is -2.23. The van der Waals surface area contributed by atoms with Crippen molar-refractivity contribution in [1.82, 2.24) is 5.32 Å². The van der Waals surface area contributed by atoms with E-state index in [4.69, 9.17) is 16.3 Å². The summed E-state index contributed by atoms with van der Waals surface area (Å²) in [5.74, 6) is 0.954. The molecule has 0 saturated carbocycles. The molecule has 1 rings (SSSR count). The van der Waals surface area contributed by atoms with Gasteiger partial charge in [0, 0.05) is 16.1 Å². The highest BCUT2D eigenvalue weighted by atomic mass is 35.5.